The Balaban J connectivity index is 2.22. The second-order valence-corrected chi connectivity index (χ2v) is 5.90. The summed E-state index contributed by atoms with van der Waals surface area (Å²) in [7, 11) is 2.13. The molecule has 0 aliphatic heterocycles. The molecular weight excluding hydrogens is 267 g/mol. The van der Waals surface area contributed by atoms with Crippen LogP contribution >= 0.6 is 0 Å². The lowest BCUT2D eigenvalue weighted by atomic mass is 9.92. The van der Waals surface area contributed by atoms with Gasteiger partial charge in [0.05, 0.1) is 0 Å². The van der Waals surface area contributed by atoms with Crippen LogP contribution in [0.5, 0.6) is 0 Å². The van der Waals surface area contributed by atoms with Crippen LogP contribution in [0.3, 0.4) is 0 Å². The van der Waals surface area contributed by atoms with Crippen LogP contribution in [0.1, 0.15) is 0 Å². The fourth-order valence-corrected chi connectivity index (χ4v) is 3.52. The minimum atomic E-state index is 0.960. The Morgan fingerprint density at radius 1 is 0.636 bits per heavy atom. The fourth-order valence-electron chi connectivity index (χ4n) is 3.52. The zero-order chi connectivity index (χ0) is 14.7. The molecule has 0 aliphatic rings. The Morgan fingerprint density at radius 3 is 2.05 bits per heavy atom. The van der Waals surface area contributed by atoms with Crippen molar-refractivity contribution in [3.05, 3.63) is 66.7 Å². The predicted octanol–water partition coefficient (Wildman–Crippen LogP) is 4.15. The number of rotatable bonds is 0. The van der Waals surface area contributed by atoms with E-state index >= 15 is 0 Å². The maximum absolute atomic E-state index is 6.23. The molecule has 2 heteroatoms. The van der Waals surface area contributed by atoms with Gasteiger partial charge in [0.25, 0.3) is 0 Å². The van der Waals surface area contributed by atoms with Gasteiger partial charge in [0.1, 0.15) is 19.0 Å². The average Bonchev–Trinajstić information content (AvgIpc) is 2.94. The molecule has 1 heterocycles. The van der Waals surface area contributed by atoms with Gasteiger partial charge in [-0.2, -0.15) is 0 Å². The molecule has 0 unspecified atom stereocenters. The first-order chi connectivity index (χ1) is 10.8. The van der Waals surface area contributed by atoms with Gasteiger partial charge < -0.3 is 4.42 Å². The summed E-state index contributed by atoms with van der Waals surface area (Å²) in [6.07, 6.45) is 0. The molecule has 0 saturated carbocycles. The molecule has 22 heavy (non-hydrogen) atoms. The molecule has 5 aromatic rings. The van der Waals surface area contributed by atoms with Crippen LogP contribution in [-0.4, -0.2) is 7.85 Å². The summed E-state index contributed by atoms with van der Waals surface area (Å²) < 4.78 is 6.23. The molecule has 0 spiro atoms. The Morgan fingerprint density at radius 2 is 1.27 bits per heavy atom. The Bertz CT molecular complexity index is 1180. The lowest BCUT2D eigenvalue weighted by Gasteiger charge is -2.05. The number of furan rings is 1. The van der Waals surface area contributed by atoms with Crippen LogP contribution in [0.25, 0.3) is 43.5 Å². The molecule has 5 rings (SSSR count). The highest BCUT2D eigenvalue weighted by atomic mass is 16.3. The van der Waals surface area contributed by atoms with Crippen molar-refractivity contribution in [3.8, 4) is 0 Å². The summed E-state index contributed by atoms with van der Waals surface area (Å²) in [6.45, 7) is 0. The zero-order valence-electron chi connectivity index (χ0n) is 12.3. The molecule has 0 atom stereocenters. The smallest absolute Gasteiger partial charge is 0.143 e. The average molecular weight is 280 g/mol. The second-order valence-electron chi connectivity index (χ2n) is 5.90. The third-order valence-electron chi connectivity index (χ3n) is 4.50. The molecule has 0 amide bonds. The molecule has 0 aliphatic carbocycles. The quantitative estimate of drug-likeness (QED) is 0.307. The van der Waals surface area contributed by atoms with Gasteiger partial charge in [0.15, 0.2) is 0 Å². The van der Waals surface area contributed by atoms with Crippen LogP contribution in [0.2, 0.25) is 0 Å². The Hall–Kier alpha value is -2.74. The van der Waals surface area contributed by atoms with Crippen molar-refractivity contribution in [1.29, 1.82) is 0 Å². The molecule has 1 nitrogen and oxygen atoms in total. The van der Waals surface area contributed by atoms with E-state index in [1.807, 2.05) is 0 Å². The summed E-state index contributed by atoms with van der Waals surface area (Å²) in [5, 5.41) is 7.42. The van der Waals surface area contributed by atoms with Crippen LogP contribution in [-0.2, 0) is 0 Å². The molecule has 0 bridgehead atoms. The molecule has 0 saturated heterocycles. The van der Waals surface area contributed by atoms with E-state index in [9.17, 15) is 0 Å². The van der Waals surface area contributed by atoms with Crippen molar-refractivity contribution >= 4 is 56.8 Å². The van der Waals surface area contributed by atoms with Gasteiger partial charge >= 0.3 is 0 Å². The van der Waals surface area contributed by atoms with Crippen LogP contribution in [0, 0.1) is 0 Å². The van der Waals surface area contributed by atoms with Gasteiger partial charge in [-0.15, -0.1) is 0 Å². The lowest BCUT2D eigenvalue weighted by Crippen LogP contribution is -1.98. The zero-order valence-corrected chi connectivity index (χ0v) is 12.3. The van der Waals surface area contributed by atoms with Crippen molar-refractivity contribution in [2.45, 2.75) is 0 Å². The Labute approximate surface area is 128 Å². The van der Waals surface area contributed by atoms with Crippen LogP contribution in [0.15, 0.2) is 71.1 Å². The van der Waals surface area contributed by atoms with Gasteiger partial charge in [0, 0.05) is 16.2 Å². The molecule has 1 aromatic heterocycles. The number of hydrogen-bond donors (Lipinski definition) is 0. The van der Waals surface area contributed by atoms with Crippen molar-refractivity contribution < 1.29 is 4.42 Å². The van der Waals surface area contributed by atoms with Gasteiger partial charge in [-0.25, -0.2) is 0 Å². The molecule has 0 fully saturated rings. The van der Waals surface area contributed by atoms with E-state index in [0.717, 1.165) is 11.2 Å². The number of hydrogen-bond acceptors (Lipinski definition) is 1. The lowest BCUT2D eigenvalue weighted by molar-refractivity contribution is 0.673. The van der Waals surface area contributed by atoms with Crippen LogP contribution < -0.4 is 5.46 Å². The van der Waals surface area contributed by atoms with Gasteiger partial charge in [-0.3, -0.25) is 0 Å². The minimum Gasteiger partial charge on any atom is -0.455 e. The summed E-state index contributed by atoms with van der Waals surface area (Å²) in [5.74, 6) is 0. The second kappa shape index (κ2) is 4.14. The normalized spacial score (nSPS) is 11.8. The predicted molar refractivity (Wildman–Crippen MR) is 96.9 cm³/mol. The van der Waals surface area contributed by atoms with Crippen molar-refractivity contribution in [2.24, 2.45) is 0 Å². The van der Waals surface area contributed by atoms with Crippen molar-refractivity contribution in [2.75, 3.05) is 0 Å². The first-order valence-electron chi connectivity index (χ1n) is 7.55. The summed E-state index contributed by atoms with van der Waals surface area (Å²) >= 11 is 0. The van der Waals surface area contributed by atoms with E-state index in [2.05, 4.69) is 74.6 Å². The summed E-state index contributed by atoms with van der Waals surface area (Å²) in [5.41, 5.74) is 3.21. The van der Waals surface area contributed by atoms with Crippen molar-refractivity contribution in [1.82, 2.24) is 0 Å². The fraction of sp³-hybridized carbons (Fsp3) is 0. The summed E-state index contributed by atoms with van der Waals surface area (Å²) in [4.78, 5) is 0. The summed E-state index contributed by atoms with van der Waals surface area (Å²) in [6, 6.07) is 23.5. The van der Waals surface area contributed by atoms with Crippen molar-refractivity contribution in [3.63, 3.8) is 0 Å². The van der Waals surface area contributed by atoms with Gasteiger partial charge in [0.2, 0.25) is 0 Å². The van der Waals surface area contributed by atoms with E-state index in [1.54, 1.807) is 0 Å². The molecule has 0 N–H and O–H groups in total. The Kier molecular flexibility index (Phi) is 2.23. The van der Waals surface area contributed by atoms with E-state index < -0.39 is 0 Å². The number of fused-ring (bicyclic) bond motifs is 8. The third kappa shape index (κ3) is 1.44. The first kappa shape index (κ1) is 11.9. The molecule has 0 radical (unpaired) electrons. The van der Waals surface area contributed by atoms with E-state index in [-0.39, 0.29) is 0 Å². The van der Waals surface area contributed by atoms with E-state index in [1.165, 1.54) is 37.8 Å². The standard InChI is InChI=1S/C20H13BO/c21-12-9-10-18-17(11-12)19-15-7-3-1-5-13(15)14-6-2-4-8-16(14)20(19)22-18/h1-11H,21H2. The monoisotopic (exact) mass is 280 g/mol. The molecule has 4 aromatic carbocycles. The van der Waals surface area contributed by atoms with Gasteiger partial charge in [-0.05, 0) is 22.2 Å². The molecule has 102 valence electrons. The maximum atomic E-state index is 6.23. The highest BCUT2D eigenvalue weighted by Crippen LogP contribution is 2.40. The van der Waals surface area contributed by atoms with E-state index in [4.69, 9.17) is 4.42 Å². The van der Waals surface area contributed by atoms with E-state index in [0.29, 0.717) is 0 Å². The topological polar surface area (TPSA) is 13.1 Å². The SMILES string of the molecule is Bc1ccc2oc3c4ccccc4c4ccccc4c3c2c1. The van der Waals surface area contributed by atoms with Gasteiger partial charge in [-0.1, -0.05) is 66.1 Å². The highest BCUT2D eigenvalue weighted by Gasteiger charge is 2.14. The highest BCUT2D eigenvalue weighted by molar-refractivity contribution is 6.35. The molecular formula is C20H13BO. The largest absolute Gasteiger partial charge is 0.455 e. The minimum absolute atomic E-state index is 0.960. The first-order valence-corrected chi connectivity index (χ1v) is 7.55. The third-order valence-corrected chi connectivity index (χ3v) is 4.50. The number of benzene rings is 4. The van der Waals surface area contributed by atoms with Crippen LogP contribution in [0.4, 0.5) is 0 Å². The maximum Gasteiger partial charge on any atom is 0.143 e.